The van der Waals surface area contributed by atoms with Crippen molar-refractivity contribution in [3.05, 3.63) is 108 Å². The minimum Gasteiger partial charge on any atom is -0.457 e. The van der Waals surface area contributed by atoms with Gasteiger partial charge in [-0.15, -0.1) is 0 Å². The Balaban J connectivity index is 1.20. The average molecular weight is 571 g/mol. The summed E-state index contributed by atoms with van der Waals surface area (Å²) >= 11 is 0. The molecule has 4 N–H and O–H groups in total. The molecule has 1 saturated heterocycles. The summed E-state index contributed by atoms with van der Waals surface area (Å²) in [5.41, 5.74) is 9.52. The summed E-state index contributed by atoms with van der Waals surface area (Å²) in [5, 5.41) is 5.71. The fraction of sp³-hybridized carbons (Fsp3) is 0.312. The lowest BCUT2D eigenvalue weighted by molar-refractivity contribution is -0.0330. The van der Waals surface area contributed by atoms with Gasteiger partial charge in [-0.1, -0.05) is 54.6 Å². The average Bonchev–Trinajstić information content (AvgIpc) is 3.44. The van der Waals surface area contributed by atoms with Crippen LogP contribution in [0, 0.1) is 0 Å². The first-order valence-corrected chi connectivity index (χ1v) is 14.2. The van der Waals surface area contributed by atoms with Crippen molar-refractivity contribution >= 4 is 23.3 Å². The molecule has 3 aromatic rings. The number of carbonyl (C=O) groups excluding carboxylic acids is 2. The number of para-hydroxylation sites is 2. The van der Waals surface area contributed by atoms with E-state index in [1.807, 2.05) is 54.6 Å². The second-order valence-electron chi connectivity index (χ2n) is 10.6. The third-order valence-electron chi connectivity index (χ3n) is 7.43. The number of likely N-dealkylation sites (N-methyl/N-ethyl adjacent to an activating group) is 1. The van der Waals surface area contributed by atoms with E-state index in [1.54, 1.807) is 29.2 Å². The van der Waals surface area contributed by atoms with Gasteiger partial charge in [0.2, 0.25) is 12.2 Å². The van der Waals surface area contributed by atoms with Crippen LogP contribution in [0.1, 0.15) is 21.5 Å². The minimum absolute atomic E-state index is 0.250. The molecule has 0 aliphatic carbocycles. The van der Waals surface area contributed by atoms with Crippen LogP contribution in [0.3, 0.4) is 0 Å². The molecule has 0 saturated carbocycles. The molecule has 3 amide bonds. The first-order valence-electron chi connectivity index (χ1n) is 14.2. The molecular weight excluding hydrogens is 532 g/mol. The predicted octanol–water partition coefficient (Wildman–Crippen LogP) is 3.69. The van der Waals surface area contributed by atoms with Crippen LogP contribution in [-0.2, 0) is 22.4 Å². The van der Waals surface area contributed by atoms with Crippen LogP contribution in [0.4, 0.5) is 16.2 Å². The van der Waals surface area contributed by atoms with E-state index >= 15 is 0 Å². The number of nitrogens with two attached hydrogens (primary N) is 1. The highest BCUT2D eigenvalue weighted by atomic mass is 16.7. The van der Waals surface area contributed by atoms with E-state index < -0.39 is 6.29 Å². The maximum absolute atomic E-state index is 13.4. The number of ether oxygens (including phenoxy) is 2. The zero-order chi connectivity index (χ0) is 29.3. The summed E-state index contributed by atoms with van der Waals surface area (Å²) < 4.78 is 11.5. The van der Waals surface area contributed by atoms with Crippen molar-refractivity contribution in [2.45, 2.75) is 19.3 Å². The van der Waals surface area contributed by atoms with Gasteiger partial charge in [0.05, 0.1) is 11.4 Å². The van der Waals surface area contributed by atoms with Gasteiger partial charge in [-0.05, 0) is 42.4 Å². The summed E-state index contributed by atoms with van der Waals surface area (Å²) in [6.07, 6.45) is 1.53. The summed E-state index contributed by atoms with van der Waals surface area (Å²) in [5.74, 6) is 0.0391. The number of amides is 3. The number of hydrogen-bond acceptors (Lipinski definition) is 7. The molecule has 42 heavy (non-hydrogen) atoms. The van der Waals surface area contributed by atoms with Crippen molar-refractivity contribution in [2.75, 3.05) is 57.4 Å². The zero-order valence-electron chi connectivity index (χ0n) is 23.9. The summed E-state index contributed by atoms with van der Waals surface area (Å²) in [7, 11) is 2.12. The molecule has 0 spiro atoms. The number of rotatable bonds is 10. The normalized spacial score (nSPS) is 17.1. The van der Waals surface area contributed by atoms with Crippen molar-refractivity contribution in [2.24, 2.45) is 0 Å². The van der Waals surface area contributed by atoms with Crippen LogP contribution in [-0.4, -0.2) is 79.2 Å². The van der Waals surface area contributed by atoms with E-state index in [-0.39, 0.29) is 17.8 Å². The largest absolute Gasteiger partial charge is 0.457 e. The number of nitrogen functional groups attached to an aromatic ring is 1. The maximum atomic E-state index is 13.4. The van der Waals surface area contributed by atoms with E-state index in [2.05, 4.69) is 27.5 Å². The number of anilines is 2. The van der Waals surface area contributed by atoms with E-state index in [9.17, 15) is 9.59 Å². The Morgan fingerprint density at radius 2 is 1.62 bits per heavy atom. The molecule has 0 radical (unpaired) electrons. The number of nitrogens with zero attached hydrogens (tertiary/aromatic N) is 3. The fourth-order valence-electron chi connectivity index (χ4n) is 4.85. The molecule has 5 rings (SSSR count). The van der Waals surface area contributed by atoms with Gasteiger partial charge in [-0.25, -0.2) is 4.79 Å². The highest BCUT2D eigenvalue weighted by Crippen LogP contribution is 2.19. The van der Waals surface area contributed by atoms with E-state index in [4.69, 9.17) is 15.2 Å². The second-order valence-corrected chi connectivity index (χ2v) is 10.6. The van der Waals surface area contributed by atoms with Crippen LogP contribution in [0.5, 0.6) is 0 Å². The molecule has 2 aliphatic heterocycles. The molecule has 2 heterocycles. The van der Waals surface area contributed by atoms with Gasteiger partial charge in [0, 0.05) is 57.8 Å². The lowest BCUT2D eigenvalue weighted by Gasteiger charge is -2.34. The third-order valence-corrected chi connectivity index (χ3v) is 7.43. The number of piperazine rings is 1. The van der Waals surface area contributed by atoms with Gasteiger partial charge in [0.1, 0.15) is 6.26 Å². The van der Waals surface area contributed by atoms with Crippen LogP contribution in [0.2, 0.25) is 0 Å². The molecule has 3 aromatic carbocycles. The molecule has 0 bridgehead atoms. The van der Waals surface area contributed by atoms with Gasteiger partial charge < -0.3 is 30.3 Å². The Morgan fingerprint density at radius 3 is 2.36 bits per heavy atom. The smallest absolute Gasteiger partial charge is 0.324 e. The number of benzene rings is 3. The summed E-state index contributed by atoms with van der Waals surface area (Å²) in [6, 6.07) is 24.0. The number of carbonyl (C=O) groups is 2. The van der Waals surface area contributed by atoms with Gasteiger partial charge in [0.15, 0.2) is 0 Å². The van der Waals surface area contributed by atoms with E-state index in [0.717, 1.165) is 43.9 Å². The van der Waals surface area contributed by atoms with Crippen LogP contribution < -0.4 is 16.4 Å². The first-order chi connectivity index (χ1) is 20.4. The second kappa shape index (κ2) is 13.9. The van der Waals surface area contributed by atoms with Crippen LogP contribution in [0.25, 0.3) is 0 Å². The molecule has 10 nitrogen and oxygen atoms in total. The van der Waals surface area contributed by atoms with Gasteiger partial charge in [-0.3, -0.25) is 15.0 Å². The standard InChI is InChI=1S/C32H38N6O4/c1-36-15-17-37(18-16-36)19-20-38(32(40)35-29-23-41-30(42-29)21-24-7-3-2-4-8-24)22-25-11-13-26(14-12-25)31(39)34-28-10-6-5-9-27(28)33/h2-14,23,30H,15-22,33H2,1H3,(H,34,39)(H,35,40). The maximum Gasteiger partial charge on any atom is 0.324 e. The Kier molecular flexibility index (Phi) is 9.58. The van der Waals surface area contributed by atoms with Crippen molar-refractivity contribution in [1.82, 2.24) is 20.0 Å². The lowest BCUT2D eigenvalue weighted by atomic mass is 10.1. The number of urea groups is 1. The monoisotopic (exact) mass is 570 g/mol. The van der Waals surface area contributed by atoms with Gasteiger partial charge in [0.25, 0.3) is 5.91 Å². The molecule has 1 atom stereocenters. The quantitative estimate of drug-likeness (QED) is 0.319. The predicted molar refractivity (Wildman–Crippen MR) is 162 cm³/mol. The SMILES string of the molecule is CN1CCN(CCN(Cc2ccc(C(=O)Nc3ccccc3N)cc2)C(=O)NC2=COC(Cc3ccccc3)O2)CC1. The number of nitrogens with one attached hydrogen (secondary N) is 2. The highest BCUT2D eigenvalue weighted by Gasteiger charge is 2.24. The van der Waals surface area contributed by atoms with Gasteiger partial charge >= 0.3 is 6.03 Å². The van der Waals surface area contributed by atoms with E-state index in [0.29, 0.717) is 36.4 Å². The van der Waals surface area contributed by atoms with Crippen LogP contribution >= 0.6 is 0 Å². The first kappa shape index (κ1) is 29.0. The Morgan fingerprint density at radius 1 is 0.905 bits per heavy atom. The third kappa shape index (κ3) is 8.02. The molecule has 0 aromatic heterocycles. The summed E-state index contributed by atoms with van der Waals surface area (Å²) in [6.45, 7) is 5.60. The summed E-state index contributed by atoms with van der Waals surface area (Å²) in [4.78, 5) is 32.6. The molecule has 1 unspecified atom stereocenters. The Hall–Kier alpha value is -4.54. The molecule has 1 fully saturated rings. The van der Waals surface area contributed by atoms with Gasteiger partial charge in [-0.2, -0.15) is 0 Å². The zero-order valence-corrected chi connectivity index (χ0v) is 23.9. The van der Waals surface area contributed by atoms with Crippen molar-refractivity contribution in [3.8, 4) is 0 Å². The molecule has 2 aliphatic rings. The molecule has 220 valence electrons. The van der Waals surface area contributed by atoms with Crippen molar-refractivity contribution in [3.63, 3.8) is 0 Å². The van der Waals surface area contributed by atoms with E-state index in [1.165, 1.54) is 6.26 Å². The highest BCUT2D eigenvalue weighted by molar-refractivity contribution is 6.05. The Bertz CT molecular complexity index is 1370. The van der Waals surface area contributed by atoms with Crippen molar-refractivity contribution in [1.29, 1.82) is 0 Å². The van der Waals surface area contributed by atoms with Crippen molar-refractivity contribution < 1.29 is 19.1 Å². The number of hydrogen-bond donors (Lipinski definition) is 3. The molecule has 10 heteroatoms. The minimum atomic E-state index is -0.494. The lowest BCUT2D eigenvalue weighted by Crippen LogP contribution is -2.48. The molecular formula is C32H38N6O4. The fourth-order valence-corrected chi connectivity index (χ4v) is 4.85. The van der Waals surface area contributed by atoms with Crippen LogP contribution in [0.15, 0.2) is 91.0 Å². The topological polar surface area (TPSA) is 112 Å². The Labute approximate surface area is 246 Å².